The van der Waals surface area contributed by atoms with Gasteiger partial charge in [0.1, 0.15) is 0 Å². The second-order valence-corrected chi connectivity index (χ2v) is 6.11. The van der Waals surface area contributed by atoms with E-state index in [1.807, 2.05) is 0 Å². The third kappa shape index (κ3) is 2.37. The lowest BCUT2D eigenvalue weighted by atomic mass is 9.70. The molecule has 2 aliphatic rings. The summed E-state index contributed by atoms with van der Waals surface area (Å²) < 4.78 is 5.86. The van der Waals surface area contributed by atoms with E-state index in [0.29, 0.717) is 22.9 Å². The Morgan fingerprint density at radius 1 is 1.42 bits per heavy atom. The molecule has 1 aromatic carbocycles. The Kier molecular flexibility index (Phi) is 3.27. The minimum absolute atomic E-state index is 0.0141. The molecular weight excluding hydrogens is 262 g/mol. The first-order valence-corrected chi connectivity index (χ1v) is 7.21. The van der Waals surface area contributed by atoms with Crippen molar-refractivity contribution in [3.05, 3.63) is 28.8 Å². The Labute approximate surface area is 118 Å². The highest BCUT2D eigenvalue weighted by Crippen LogP contribution is 2.45. The van der Waals surface area contributed by atoms with Crippen LogP contribution in [0.5, 0.6) is 0 Å². The number of nitrogens with two attached hydrogens (primary N) is 1. The van der Waals surface area contributed by atoms with Crippen LogP contribution < -0.4 is 5.73 Å². The number of carbonyl (C=O) groups is 1. The number of ether oxygens (including phenoxy) is 1. The van der Waals surface area contributed by atoms with Gasteiger partial charge in [-0.05, 0) is 50.3 Å². The Balaban J connectivity index is 1.79. The van der Waals surface area contributed by atoms with Crippen LogP contribution in [-0.2, 0) is 4.74 Å². The highest BCUT2D eigenvalue weighted by Gasteiger charge is 2.44. The molecule has 3 nitrogen and oxygen atoms in total. The summed E-state index contributed by atoms with van der Waals surface area (Å²) in [5.74, 6) is 0.182. The highest BCUT2D eigenvalue weighted by atomic mass is 35.5. The van der Waals surface area contributed by atoms with Gasteiger partial charge in [0, 0.05) is 28.8 Å². The first-order chi connectivity index (χ1) is 9.10. The van der Waals surface area contributed by atoms with Crippen molar-refractivity contribution in [1.82, 2.24) is 0 Å². The van der Waals surface area contributed by atoms with Gasteiger partial charge in [-0.2, -0.15) is 0 Å². The molecular formula is C15H18ClNO2. The second kappa shape index (κ2) is 4.80. The molecule has 1 aliphatic heterocycles. The minimum atomic E-state index is -0.0141. The van der Waals surface area contributed by atoms with Crippen molar-refractivity contribution >= 4 is 23.1 Å². The average molecular weight is 280 g/mol. The molecule has 0 radical (unpaired) electrons. The van der Waals surface area contributed by atoms with E-state index in [2.05, 4.69) is 0 Å². The van der Waals surface area contributed by atoms with Gasteiger partial charge in [0.25, 0.3) is 0 Å². The quantitative estimate of drug-likeness (QED) is 0.666. The zero-order chi connectivity index (χ0) is 13.5. The number of rotatable bonds is 2. The Morgan fingerprint density at radius 3 is 2.84 bits per heavy atom. The largest absolute Gasteiger partial charge is 0.398 e. The highest BCUT2D eigenvalue weighted by molar-refractivity contribution is 6.31. The summed E-state index contributed by atoms with van der Waals surface area (Å²) in [7, 11) is 0. The first kappa shape index (κ1) is 12.9. The standard InChI is InChI=1S/C15H18ClNO2/c16-11-2-3-12(13(17)8-11)14(18)10-4-7-19-15(9-10)5-1-6-15/h2-3,8,10H,1,4-7,9,17H2. The average Bonchev–Trinajstić information content (AvgIpc) is 2.36. The molecule has 1 aliphatic carbocycles. The molecule has 1 heterocycles. The maximum absolute atomic E-state index is 12.6. The molecule has 3 rings (SSSR count). The molecule has 2 fully saturated rings. The fraction of sp³-hybridized carbons (Fsp3) is 0.533. The van der Waals surface area contributed by atoms with E-state index < -0.39 is 0 Å². The van der Waals surface area contributed by atoms with E-state index in [4.69, 9.17) is 22.1 Å². The Hall–Kier alpha value is -1.06. The number of anilines is 1. The number of Topliss-reactive ketones (excluding diaryl/α,β-unsaturated/α-hetero) is 1. The number of benzene rings is 1. The molecule has 1 atom stereocenters. The summed E-state index contributed by atoms with van der Waals surface area (Å²) in [5.41, 5.74) is 6.97. The first-order valence-electron chi connectivity index (χ1n) is 6.83. The number of carbonyl (C=O) groups excluding carboxylic acids is 1. The van der Waals surface area contributed by atoms with Crippen molar-refractivity contribution in [2.45, 2.75) is 37.7 Å². The lowest BCUT2D eigenvalue weighted by molar-refractivity contribution is -0.137. The summed E-state index contributed by atoms with van der Waals surface area (Å²) >= 11 is 5.87. The van der Waals surface area contributed by atoms with Crippen LogP contribution in [0.25, 0.3) is 0 Å². The van der Waals surface area contributed by atoms with Crippen molar-refractivity contribution in [3.8, 4) is 0 Å². The zero-order valence-corrected chi connectivity index (χ0v) is 11.6. The van der Waals surface area contributed by atoms with Crippen molar-refractivity contribution in [1.29, 1.82) is 0 Å². The summed E-state index contributed by atoms with van der Waals surface area (Å²) in [4.78, 5) is 12.6. The summed E-state index contributed by atoms with van der Waals surface area (Å²) in [5, 5.41) is 0.566. The SMILES string of the molecule is Nc1cc(Cl)ccc1C(=O)C1CCOC2(CCC2)C1. The molecule has 19 heavy (non-hydrogen) atoms. The third-order valence-corrected chi connectivity index (χ3v) is 4.64. The molecule has 2 N–H and O–H groups in total. The van der Waals surface area contributed by atoms with Crippen molar-refractivity contribution in [2.75, 3.05) is 12.3 Å². The van der Waals surface area contributed by atoms with Crippen molar-refractivity contribution in [2.24, 2.45) is 5.92 Å². The van der Waals surface area contributed by atoms with Gasteiger partial charge in [-0.25, -0.2) is 0 Å². The van der Waals surface area contributed by atoms with Crippen LogP contribution in [-0.4, -0.2) is 18.0 Å². The number of hydrogen-bond donors (Lipinski definition) is 1. The Morgan fingerprint density at radius 2 is 2.21 bits per heavy atom. The van der Waals surface area contributed by atoms with Crippen molar-refractivity contribution < 1.29 is 9.53 Å². The van der Waals surface area contributed by atoms with Gasteiger partial charge in [0.2, 0.25) is 0 Å². The molecule has 102 valence electrons. The smallest absolute Gasteiger partial charge is 0.168 e. The van der Waals surface area contributed by atoms with Gasteiger partial charge in [-0.3, -0.25) is 4.79 Å². The van der Waals surface area contributed by atoms with Crippen molar-refractivity contribution in [3.63, 3.8) is 0 Å². The molecule has 1 saturated carbocycles. The van der Waals surface area contributed by atoms with Crippen LogP contribution in [0.4, 0.5) is 5.69 Å². The molecule has 0 bridgehead atoms. The topological polar surface area (TPSA) is 52.3 Å². The van der Waals surface area contributed by atoms with E-state index >= 15 is 0 Å². The molecule has 0 amide bonds. The second-order valence-electron chi connectivity index (χ2n) is 5.67. The van der Waals surface area contributed by atoms with Crippen LogP contribution in [0.3, 0.4) is 0 Å². The summed E-state index contributed by atoms with van der Waals surface area (Å²) in [6.07, 6.45) is 5.03. The van der Waals surface area contributed by atoms with E-state index in [1.165, 1.54) is 6.42 Å². The molecule has 1 spiro atoms. The van der Waals surface area contributed by atoms with E-state index in [0.717, 1.165) is 25.7 Å². The van der Waals surface area contributed by atoms with Crippen LogP contribution in [0.15, 0.2) is 18.2 Å². The molecule has 1 unspecified atom stereocenters. The number of hydrogen-bond acceptors (Lipinski definition) is 3. The van der Waals surface area contributed by atoms with Gasteiger partial charge < -0.3 is 10.5 Å². The van der Waals surface area contributed by atoms with Gasteiger partial charge >= 0.3 is 0 Å². The number of ketones is 1. The van der Waals surface area contributed by atoms with Crippen LogP contribution in [0.1, 0.15) is 42.5 Å². The normalized spacial score (nSPS) is 25.0. The van der Waals surface area contributed by atoms with E-state index in [-0.39, 0.29) is 17.3 Å². The van der Waals surface area contributed by atoms with Gasteiger partial charge in [-0.1, -0.05) is 11.6 Å². The zero-order valence-electron chi connectivity index (χ0n) is 10.8. The van der Waals surface area contributed by atoms with Gasteiger partial charge in [0.05, 0.1) is 5.60 Å². The predicted molar refractivity (Wildman–Crippen MR) is 75.5 cm³/mol. The van der Waals surface area contributed by atoms with E-state index in [9.17, 15) is 4.79 Å². The molecule has 0 aromatic heterocycles. The summed E-state index contributed by atoms with van der Waals surface area (Å²) in [6, 6.07) is 5.11. The van der Waals surface area contributed by atoms with Crippen LogP contribution >= 0.6 is 11.6 Å². The summed E-state index contributed by atoms with van der Waals surface area (Å²) in [6.45, 7) is 0.684. The number of halogens is 1. The van der Waals surface area contributed by atoms with Gasteiger partial charge in [-0.15, -0.1) is 0 Å². The van der Waals surface area contributed by atoms with Crippen LogP contribution in [0.2, 0.25) is 5.02 Å². The third-order valence-electron chi connectivity index (χ3n) is 4.41. The maximum atomic E-state index is 12.6. The molecule has 1 saturated heterocycles. The molecule has 4 heteroatoms. The predicted octanol–water partition coefficient (Wildman–Crippen LogP) is 3.45. The maximum Gasteiger partial charge on any atom is 0.168 e. The monoisotopic (exact) mass is 279 g/mol. The van der Waals surface area contributed by atoms with Gasteiger partial charge in [0.15, 0.2) is 5.78 Å². The van der Waals surface area contributed by atoms with E-state index in [1.54, 1.807) is 18.2 Å². The lowest BCUT2D eigenvalue weighted by Gasteiger charge is -2.46. The lowest BCUT2D eigenvalue weighted by Crippen LogP contribution is -2.47. The molecule has 1 aromatic rings. The Bertz CT molecular complexity index is 511. The fourth-order valence-corrected chi connectivity index (χ4v) is 3.33. The minimum Gasteiger partial charge on any atom is -0.398 e. The number of nitrogen functional groups attached to an aromatic ring is 1. The fourth-order valence-electron chi connectivity index (χ4n) is 3.15. The van der Waals surface area contributed by atoms with Crippen LogP contribution in [0, 0.1) is 5.92 Å².